The van der Waals surface area contributed by atoms with Crippen molar-refractivity contribution >= 4 is 17.7 Å². The highest BCUT2D eigenvalue weighted by molar-refractivity contribution is 7.99. The number of hydrogen-bond acceptors (Lipinski definition) is 3. The summed E-state index contributed by atoms with van der Waals surface area (Å²) >= 11 is 1.87. The monoisotopic (exact) mass is 293 g/mol. The van der Waals surface area contributed by atoms with E-state index in [1.165, 1.54) is 0 Å². The van der Waals surface area contributed by atoms with Crippen molar-refractivity contribution in [2.45, 2.75) is 37.7 Å². The van der Waals surface area contributed by atoms with Crippen LogP contribution in [0.1, 0.15) is 37.7 Å². The molecule has 1 fully saturated rings. The summed E-state index contributed by atoms with van der Waals surface area (Å²) < 4.78 is 0. The summed E-state index contributed by atoms with van der Waals surface area (Å²) in [5, 5.41) is 13.4. The van der Waals surface area contributed by atoms with Crippen LogP contribution in [0.25, 0.3) is 0 Å². The van der Waals surface area contributed by atoms with E-state index in [1.54, 1.807) is 0 Å². The first-order valence-corrected chi connectivity index (χ1v) is 8.43. The number of rotatable bonds is 5. The van der Waals surface area contributed by atoms with E-state index in [0.717, 1.165) is 36.3 Å². The summed E-state index contributed by atoms with van der Waals surface area (Å²) in [6.07, 6.45) is 2.30. The molecule has 0 spiro atoms. The standard InChI is InChI=1S/C16H23NO2S/c1-2-14(13-6-4-3-5-7-13)15(18)17-12-16(19)8-10-20-11-9-16/h3-7,14,19H,2,8-12H2,1H3,(H,17,18). The number of thioether (sulfide) groups is 1. The van der Waals surface area contributed by atoms with Crippen LogP contribution in [0.15, 0.2) is 30.3 Å². The minimum absolute atomic E-state index is 0.0188. The third-order valence-corrected chi connectivity index (χ3v) is 4.93. The zero-order chi connectivity index (χ0) is 14.4. The van der Waals surface area contributed by atoms with Crippen molar-refractivity contribution in [1.29, 1.82) is 0 Å². The van der Waals surface area contributed by atoms with Gasteiger partial charge in [-0.3, -0.25) is 4.79 Å². The van der Waals surface area contributed by atoms with Gasteiger partial charge in [-0.05, 0) is 36.3 Å². The number of carbonyl (C=O) groups excluding carboxylic acids is 1. The molecule has 4 heteroatoms. The quantitative estimate of drug-likeness (QED) is 0.877. The minimum Gasteiger partial charge on any atom is -0.388 e. The molecule has 110 valence electrons. The summed E-state index contributed by atoms with van der Waals surface area (Å²) in [5.41, 5.74) is 0.328. The molecule has 0 radical (unpaired) electrons. The predicted octanol–water partition coefficient (Wildman–Crippen LogP) is 2.55. The van der Waals surface area contributed by atoms with Gasteiger partial charge in [0.2, 0.25) is 5.91 Å². The van der Waals surface area contributed by atoms with Crippen LogP contribution in [-0.2, 0) is 4.79 Å². The number of hydrogen-bond donors (Lipinski definition) is 2. The van der Waals surface area contributed by atoms with E-state index in [-0.39, 0.29) is 11.8 Å². The molecule has 1 aromatic rings. The van der Waals surface area contributed by atoms with Gasteiger partial charge >= 0.3 is 0 Å². The van der Waals surface area contributed by atoms with Crippen molar-refractivity contribution in [3.8, 4) is 0 Å². The van der Waals surface area contributed by atoms with Crippen molar-refractivity contribution in [3.63, 3.8) is 0 Å². The lowest BCUT2D eigenvalue weighted by molar-refractivity contribution is -0.124. The fourth-order valence-electron chi connectivity index (χ4n) is 2.56. The molecule has 20 heavy (non-hydrogen) atoms. The average molecular weight is 293 g/mol. The van der Waals surface area contributed by atoms with Gasteiger partial charge in [0.05, 0.1) is 11.5 Å². The molecular formula is C16H23NO2S. The van der Waals surface area contributed by atoms with Crippen LogP contribution in [0.2, 0.25) is 0 Å². The van der Waals surface area contributed by atoms with Crippen LogP contribution in [-0.4, -0.2) is 34.7 Å². The molecule has 0 bridgehead atoms. The maximum Gasteiger partial charge on any atom is 0.227 e. The van der Waals surface area contributed by atoms with Gasteiger partial charge in [-0.2, -0.15) is 11.8 Å². The first-order chi connectivity index (χ1) is 9.64. The largest absolute Gasteiger partial charge is 0.388 e. The third-order valence-electron chi connectivity index (χ3n) is 3.94. The lowest BCUT2D eigenvalue weighted by atomic mass is 9.93. The molecule has 1 heterocycles. The van der Waals surface area contributed by atoms with Crippen molar-refractivity contribution in [1.82, 2.24) is 5.32 Å². The Morgan fingerprint density at radius 1 is 1.35 bits per heavy atom. The summed E-state index contributed by atoms with van der Waals surface area (Å²) in [7, 11) is 0. The van der Waals surface area contributed by atoms with Crippen LogP contribution in [0.5, 0.6) is 0 Å². The molecule has 3 nitrogen and oxygen atoms in total. The van der Waals surface area contributed by atoms with Crippen LogP contribution >= 0.6 is 11.8 Å². The highest BCUT2D eigenvalue weighted by atomic mass is 32.2. The van der Waals surface area contributed by atoms with Gasteiger partial charge in [0, 0.05) is 6.54 Å². The van der Waals surface area contributed by atoms with E-state index in [0.29, 0.717) is 6.54 Å². The third kappa shape index (κ3) is 4.00. The van der Waals surface area contributed by atoms with Gasteiger partial charge in [0.1, 0.15) is 0 Å². The molecule has 2 rings (SSSR count). The summed E-state index contributed by atoms with van der Waals surface area (Å²) in [6, 6.07) is 9.84. The molecule has 0 saturated carbocycles. The second-order valence-corrected chi connectivity index (χ2v) is 6.65. The van der Waals surface area contributed by atoms with Gasteiger partial charge in [0.25, 0.3) is 0 Å². The molecule has 1 amide bonds. The number of benzene rings is 1. The van der Waals surface area contributed by atoms with Gasteiger partial charge in [-0.1, -0.05) is 37.3 Å². The maximum absolute atomic E-state index is 12.3. The van der Waals surface area contributed by atoms with E-state index in [1.807, 2.05) is 49.0 Å². The molecule has 1 aliphatic rings. The van der Waals surface area contributed by atoms with E-state index in [9.17, 15) is 9.90 Å². The van der Waals surface area contributed by atoms with Crippen molar-refractivity contribution in [3.05, 3.63) is 35.9 Å². The average Bonchev–Trinajstić information content (AvgIpc) is 2.48. The molecule has 1 aliphatic heterocycles. The second-order valence-electron chi connectivity index (χ2n) is 5.43. The van der Waals surface area contributed by atoms with E-state index >= 15 is 0 Å². The fraction of sp³-hybridized carbons (Fsp3) is 0.562. The predicted molar refractivity (Wildman–Crippen MR) is 84.0 cm³/mol. The normalized spacial score (nSPS) is 19.3. The Labute approximate surface area is 125 Å². The van der Waals surface area contributed by atoms with Crippen molar-refractivity contribution < 1.29 is 9.90 Å². The molecule has 0 aliphatic carbocycles. The highest BCUT2D eigenvalue weighted by Crippen LogP contribution is 2.26. The highest BCUT2D eigenvalue weighted by Gasteiger charge is 2.30. The molecule has 1 saturated heterocycles. The maximum atomic E-state index is 12.3. The first kappa shape index (κ1) is 15.4. The van der Waals surface area contributed by atoms with Crippen LogP contribution in [0.3, 0.4) is 0 Å². The number of carbonyl (C=O) groups is 1. The topological polar surface area (TPSA) is 49.3 Å². The molecule has 2 N–H and O–H groups in total. The lowest BCUT2D eigenvalue weighted by Crippen LogP contribution is -2.46. The Kier molecular flexibility index (Phi) is 5.49. The Bertz CT molecular complexity index is 429. The summed E-state index contributed by atoms with van der Waals surface area (Å²) in [4.78, 5) is 12.3. The Hall–Kier alpha value is -1.00. The number of aliphatic hydroxyl groups is 1. The number of nitrogens with one attached hydrogen (secondary N) is 1. The van der Waals surface area contributed by atoms with Gasteiger partial charge in [0.15, 0.2) is 0 Å². The van der Waals surface area contributed by atoms with E-state index in [4.69, 9.17) is 0 Å². The Balaban J connectivity index is 1.93. The molecule has 0 aromatic heterocycles. The van der Waals surface area contributed by atoms with Gasteiger partial charge in [-0.25, -0.2) is 0 Å². The molecular weight excluding hydrogens is 270 g/mol. The Morgan fingerprint density at radius 3 is 2.60 bits per heavy atom. The second kappa shape index (κ2) is 7.14. The van der Waals surface area contributed by atoms with E-state index < -0.39 is 5.60 Å². The van der Waals surface area contributed by atoms with Crippen LogP contribution in [0.4, 0.5) is 0 Å². The zero-order valence-electron chi connectivity index (χ0n) is 12.0. The van der Waals surface area contributed by atoms with E-state index in [2.05, 4.69) is 5.32 Å². The zero-order valence-corrected chi connectivity index (χ0v) is 12.8. The summed E-state index contributed by atoms with van der Waals surface area (Å²) in [6.45, 7) is 2.39. The van der Waals surface area contributed by atoms with Crippen molar-refractivity contribution in [2.24, 2.45) is 0 Å². The van der Waals surface area contributed by atoms with Gasteiger partial charge < -0.3 is 10.4 Å². The fourth-order valence-corrected chi connectivity index (χ4v) is 3.81. The summed E-state index contributed by atoms with van der Waals surface area (Å²) in [5.74, 6) is 1.84. The minimum atomic E-state index is -0.712. The molecule has 1 aromatic carbocycles. The lowest BCUT2D eigenvalue weighted by Gasteiger charge is -2.32. The van der Waals surface area contributed by atoms with Crippen LogP contribution < -0.4 is 5.32 Å². The Morgan fingerprint density at radius 2 is 2.00 bits per heavy atom. The number of amides is 1. The molecule has 1 unspecified atom stereocenters. The SMILES string of the molecule is CCC(C(=O)NCC1(O)CCSCC1)c1ccccc1. The van der Waals surface area contributed by atoms with Gasteiger partial charge in [-0.15, -0.1) is 0 Å². The first-order valence-electron chi connectivity index (χ1n) is 7.27. The molecule has 1 atom stereocenters. The van der Waals surface area contributed by atoms with Crippen molar-refractivity contribution in [2.75, 3.05) is 18.1 Å². The smallest absolute Gasteiger partial charge is 0.227 e. The van der Waals surface area contributed by atoms with Crippen LogP contribution in [0, 0.1) is 0 Å².